The molecule has 76 valence electrons. The Morgan fingerprint density at radius 1 is 1.54 bits per heavy atom. The summed E-state index contributed by atoms with van der Waals surface area (Å²) in [5.41, 5.74) is 5.26. The zero-order chi connectivity index (χ0) is 9.90. The molecule has 1 unspecified atom stereocenters. The fraction of sp³-hybridized carbons (Fsp3) is 0.900. The maximum Gasteiger partial charge on any atom is 0.155 e. The molecule has 0 bridgehead atoms. The molecule has 3 heteroatoms. The van der Waals surface area contributed by atoms with Crippen molar-refractivity contribution in [2.45, 2.75) is 38.6 Å². The monoisotopic (exact) mass is 185 g/mol. The Bertz CT molecular complexity index is 183. The highest BCUT2D eigenvalue weighted by Gasteiger charge is 2.33. The summed E-state index contributed by atoms with van der Waals surface area (Å²) in [6.45, 7) is 5.19. The lowest BCUT2D eigenvalue weighted by Crippen LogP contribution is -2.48. The minimum atomic E-state index is -0.637. The van der Waals surface area contributed by atoms with Gasteiger partial charge in [-0.1, -0.05) is 6.92 Å². The van der Waals surface area contributed by atoms with Crippen LogP contribution in [0.5, 0.6) is 0 Å². The van der Waals surface area contributed by atoms with Crippen molar-refractivity contribution >= 4 is 5.78 Å². The maximum atomic E-state index is 11.9. The van der Waals surface area contributed by atoms with Crippen LogP contribution in [0.3, 0.4) is 0 Å². The SMILES string of the molecule is CCC(C)(N)C(=O)C1CCOCC1. The van der Waals surface area contributed by atoms with Gasteiger partial charge in [-0.25, -0.2) is 0 Å². The molecule has 2 N–H and O–H groups in total. The van der Waals surface area contributed by atoms with Gasteiger partial charge in [0.05, 0.1) is 5.54 Å². The quantitative estimate of drug-likeness (QED) is 0.716. The van der Waals surface area contributed by atoms with Crippen molar-refractivity contribution in [1.82, 2.24) is 0 Å². The van der Waals surface area contributed by atoms with Gasteiger partial charge >= 0.3 is 0 Å². The maximum absolute atomic E-state index is 11.9. The molecular formula is C10H19NO2. The fourth-order valence-corrected chi connectivity index (χ4v) is 1.60. The lowest BCUT2D eigenvalue weighted by Gasteiger charge is -2.29. The molecule has 0 amide bonds. The van der Waals surface area contributed by atoms with Crippen LogP contribution in [0.4, 0.5) is 0 Å². The van der Waals surface area contributed by atoms with Gasteiger partial charge in [-0.05, 0) is 26.2 Å². The Labute approximate surface area is 79.6 Å². The molecule has 3 nitrogen and oxygen atoms in total. The van der Waals surface area contributed by atoms with E-state index in [2.05, 4.69) is 0 Å². The van der Waals surface area contributed by atoms with E-state index in [1.165, 1.54) is 0 Å². The third kappa shape index (κ3) is 2.51. The van der Waals surface area contributed by atoms with Crippen LogP contribution in [0, 0.1) is 5.92 Å². The van der Waals surface area contributed by atoms with Gasteiger partial charge in [-0.15, -0.1) is 0 Å². The largest absolute Gasteiger partial charge is 0.381 e. The van der Waals surface area contributed by atoms with E-state index in [0.29, 0.717) is 19.6 Å². The highest BCUT2D eigenvalue weighted by atomic mass is 16.5. The molecule has 1 aliphatic heterocycles. The third-order valence-electron chi connectivity index (χ3n) is 2.89. The molecule has 0 aliphatic carbocycles. The van der Waals surface area contributed by atoms with Crippen LogP contribution in [0.2, 0.25) is 0 Å². The molecule has 13 heavy (non-hydrogen) atoms. The van der Waals surface area contributed by atoms with Crippen LogP contribution in [0.25, 0.3) is 0 Å². The van der Waals surface area contributed by atoms with Crippen LogP contribution in [-0.2, 0) is 9.53 Å². The summed E-state index contributed by atoms with van der Waals surface area (Å²) in [6, 6.07) is 0. The summed E-state index contributed by atoms with van der Waals surface area (Å²) in [4.78, 5) is 11.9. The van der Waals surface area contributed by atoms with Crippen LogP contribution in [0.1, 0.15) is 33.1 Å². The molecule has 0 saturated carbocycles. The second kappa shape index (κ2) is 4.20. The second-order valence-electron chi connectivity index (χ2n) is 4.02. The number of hydrogen-bond donors (Lipinski definition) is 1. The molecule has 1 saturated heterocycles. The Morgan fingerprint density at radius 2 is 2.08 bits per heavy atom. The highest BCUT2D eigenvalue weighted by molar-refractivity contribution is 5.89. The van der Waals surface area contributed by atoms with Crippen LogP contribution in [-0.4, -0.2) is 24.5 Å². The summed E-state index contributed by atoms with van der Waals surface area (Å²) in [7, 11) is 0. The lowest BCUT2D eigenvalue weighted by atomic mass is 9.82. The van der Waals surface area contributed by atoms with Crippen molar-refractivity contribution in [2.24, 2.45) is 11.7 Å². The van der Waals surface area contributed by atoms with E-state index in [4.69, 9.17) is 10.5 Å². The fourth-order valence-electron chi connectivity index (χ4n) is 1.60. The Morgan fingerprint density at radius 3 is 2.54 bits per heavy atom. The molecule has 0 aromatic heterocycles. The van der Waals surface area contributed by atoms with E-state index in [-0.39, 0.29) is 11.7 Å². The normalized spacial score (nSPS) is 23.9. The topological polar surface area (TPSA) is 52.3 Å². The van der Waals surface area contributed by atoms with Crippen molar-refractivity contribution in [3.8, 4) is 0 Å². The van der Waals surface area contributed by atoms with Crippen molar-refractivity contribution in [3.63, 3.8) is 0 Å². The number of carbonyl (C=O) groups excluding carboxylic acids is 1. The first-order valence-corrected chi connectivity index (χ1v) is 4.99. The van der Waals surface area contributed by atoms with E-state index >= 15 is 0 Å². The zero-order valence-electron chi connectivity index (χ0n) is 8.51. The Kier molecular flexibility index (Phi) is 3.45. The molecule has 1 aliphatic rings. The number of ketones is 1. The van der Waals surface area contributed by atoms with Crippen molar-refractivity contribution < 1.29 is 9.53 Å². The second-order valence-corrected chi connectivity index (χ2v) is 4.02. The standard InChI is InChI=1S/C10H19NO2/c1-3-10(2,11)9(12)8-4-6-13-7-5-8/h8H,3-7,11H2,1-2H3. The third-order valence-corrected chi connectivity index (χ3v) is 2.89. The summed E-state index contributed by atoms with van der Waals surface area (Å²) < 4.78 is 5.20. The van der Waals surface area contributed by atoms with Gasteiger partial charge in [0.2, 0.25) is 0 Å². The van der Waals surface area contributed by atoms with Crippen LogP contribution >= 0.6 is 0 Å². The average Bonchev–Trinajstić information content (AvgIpc) is 2.18. The van der Waals surface area contributed by atoms with Crippen molar-refractivity contribution in [1.29, 1.82) is 0 Å². The summed E-state index contributed by atoms with van der Waals surface area (Å²) in [5, 5.41) is 0. The van der Waals surface area contributed by atoms with E-state index in [0.717, 1.165) is 12.8 Å². The van der Waals surface area contributed by atoms with Gasteiger partial charge < -0.3 is 10.5 Å². The first-order chi connectivity index (χ1) is 6.08. The van der Waals surface area contributed by atoms with Gasteiger partial charge in [0.25, 0.3) is 0 Å². The van der Waals surface area contributed by atoms with Crippen LogP contribution in [0.15, 0.2) is 0 Å². The average molecular weight is 185 g/mol. The summed E-state index contributed by atoms with van der Waals surface area (Å²) in [6.07, 6.45) is 2.39. The molecule has 0 spiro atoms. The molecule has 0 aromatic rings. The number of Topliss-reactive ketones (excluding diaryl/α,β-unsaturated/α-hetero) is 1. The molecule has 1 atom stereocenters. The zero-order valence-corrected chi connectivity index (χ0v) is 8.51. The predicted octanol–water partition coefficient (Wildman–Crippen LogP) is 1.11. The molecule has 1 fully saturated rings. The number of carbonyl (C=O) groups is 1. The minimum Gasteiger partial charge on any atom is -0.381 e. The lowest BCUT2D eigenvalue weighted by molar-refractivity contribution is -0.130. The van der Waals surface area contributed by atoms with E-state index < -0.39 is 5.54 Å². The van der Waals surface area contributed by atoms with E-state index in [9.17, 15) is 4.79 Å². The first-order valence-electron chi connectivity index (χ1n) is 4.99. The molecule has 0 radical (unpaired) electrons. The number of rotatable bonds is 3. The Balaban J connectivity index is 2.55. The summed E-state index contributed by atoms with van der Waals surface area (Å²) in [5.74, 6) is 0.335. The van der Waals surface area contributed by atoms with E-state index in [1.54, 1.807) is 0 Å². The van der Waals surface area contributed by atoms with Gasteiger partial charge in [0.15, 0.2) is 5.78 Å². The number of nitrogens with two attached hydrogens (primary N) is 1. The smallest absolute Gasteiger partial charge is 0.155 e. The number of hydrogen-bond acceptors (Lipinski definition) is 3. The van der Waals surface area contributed by atoms with Gasteiger partial charge in [0.1, 0.15) is 0 Å². The molecule has 1 rings (SSSR count). The van der Waals surface area contributed by atoms with Crippen molar-refractivity contribution in [2.75, 3.05) is 13.2 Å². The first kappa shape index (κ1) is 10.7. The van der Waals surface area contributed by atoms with Crippen LogP contribution < -0.4 is 5.73 Å². The molecule has 1 heterocycles. The minimum absolute atomic E-state index is 0.128. The number of ether oxygens (including phenoxy) is 1. The highest BCUT2D eigenvalue weighted by Crippen LogP contribution is 2.22. The van der Waals surface area contributed by atoms with Gasteiger partial charge in [0, 0.05) is 19.1 Å². The van der Waals surface area contributed by atoms with Gasteiger partial charge in [-0.3, -0.25) is 4.79 Å². The van der Waals surface area contributed by atoms with E-state index in [1.807, 2.05) is 13.8 Å². The Hall–Kier alpha value is -0.410. The van der Waals surface area contributed by atoms with Gasteiger partial charge in [-0.2, -0.15) is 0 Å². The molecule has 0 aromatic carbocycles. The molecular weight excluding hydrogens is 166 g/mol. The predicted molar refractivity (Wildman–Crippen MR) is 51.4 cm³/mol. The van der Waals surface area contributed by atoms with Crippen molar-refractivity contribution in [3.05, 3.63) is 0 Å². The summed E-state index contributed by atoms with van der Waals surface area (Å²) >= 11 is 0.